The van der Waals surface area contributed by atoms with Gasteiger partial charge >= 0.3 is 0 Å². The van der Waals surface area contributed by atoms with E-state index in [0.29, 0.717) is 11.3 Å². The molecule has 2 heterocycles. The largest absolute Gasteiger partial charge is 0.494 e. The molecule has 0 radical (unpaired) electrons. The molecule has 16 heavy (non-hydrogen) atoms. The van der Waals surface area contributed by atoms with Gasteiger partial charge < -0.3 is 5.11 Å². The lowest BCUT2D eigenvalue weighted by Gasteiger charge is -2.01. The number of nitrogens with one attached hydrogen (secondary N) is 1. The van der Waals surface area contributed by atoms with Gasteiger partial charge in [-0.15, -0.1) is 0 Å². The van der Waals surface area contributed by atoms with Crippen LogP contribution in [0.5, 0.6) is 5.88 Å². The second-order valence-electron chi connectivity index (χ2n) is 3.60. The van der Waals surface area contributed by atoms with E-state index in [2.05, 4.69) is 0 Å². The molecule has 0 amide bonds. The molecule has 4 nitrogen and oxygen atoms in total. The van der Waals surface area contributed by atoms with Crippen molar-refractivity contribution < 1.29 is 5.11 Å². The highest BCUT2D eigenvalue weighted by molar-refractivity contribution is 6.17. The molecule has 2 aromatic rings. The molecule has 1 aromatic carbocycles. The van der Waals surface area contributed by atoms with Gasteiger partial charge in [0.15, 0.2) is 5.88 Å². The minimum Gasteiger partial charge on any atom is -0.494 e. The smallest absolute Gasteiger partial charge is 0.197 e. The summed E-state index contributed by atoms with van der Waals surface area (Å²) in [6, 6.07) is 10.7. The lowest BCUT2D eigenvalue weighted by molar-refractivity contribution is 0.443. The van der Waals surface area contributed by atoms with Crippen LogP contribution in [0.3, 0.4) is 0 Å². The third-order valence-corrected chi connectivity index (χ3v) is 2.75. The second kappa shape index (κ2) is 2.74. The Bertz CT molecular complexity index is 661. The Morgan fingerprint density at radius 1 is 1.31 bits per heavy atom. The molecule has 1 aromatic heterocycles. The first-order valence-electron chi connectivity index (χ1n) is 4.77. The predicted octanol–water partition coefficient (Wildman–Crippen LogP) is 1.78. The molecule has 3 rings (SSSR count). The molecule has 0 spiro atoms. The van der Waals surface area contributed by atoms with E-state index in [1.807, 2.05) is 30.3 Å². The highest BCUT2D eigenvalue weighted by Crippen LogP contribution is 2.35. The number of nitriles is 1. The Morgan fingerprint density at radius 2 is 2.06 bits per heavy atom. The van der Waals surface area contributed by atoms with E-state index in [0.717, 1.165) is 11.3 Å². The highest BCUT2D eigenvalue weighted by atomic mass is 16.3. The number of aromatic hydroxyl groups is 1. The van der Waals surface area contributed by atoms with Crippen molar-refractivity contribution in [1.29, 1.82) is 10.7 Å². The SMILES string of the molecule is N#Cc1cc(O)n2c1C(=N)c1ccccc1-2. The van der Waals surface area contributed by atoms with Crippen molar-refractivity contribution in [2.75, 3.05) is 0 Å². The minimum absolute atomic E-state index is 0.00116. The number of aromatic nitrogens is 1. The number of hydrogen-bond donors (Lipinski definition) is 2. The van der Waals surface area contributed by atoms with Gasteiger partial charge in [0.2, 0.25) is 0 Å². The summed E-state index contributed by atoms with van der Waals surface area (Å²) in [5, 5.41) is 26.7. The third kappa shape index (κ3) is 0.848. The van der Waals surface area contributed by atoms with Gasteiger partial charge in [0.05, 0.1) is 22.7 Å². The van der Waals surface area contributed by atoms with E-state index in [1.54, 1.807) is 0 Å². The van der Waals surface area contributed by atoms with Crippen molar-refractivity contribution in [3.8, 4) is 17.6 Å². The summed E-state index contributed by atoms with van der Waals surface area (Å²) in [6.45, 7) is 0. The molecular weight excluding hydrogens is 202 g/mol. The summed E-state index contributed by atoms with van der Waals surface area (Å²) < 4.78 is 1.54. The molecule has 0 unspecified atom stereocenters. The summed E-state index contributed by atoms with van der Waals surface area (Å²) >= 11 is 0. The van der Waals surface area contributed by atoms with Crippen LogP contribution in [0.15, 0.2) is 30.3 Å². The molecule has 0 saturated carbocycles. The molecule has 0 saturated heterocycles. The van der Waals surface area contributed by atoms with E-state index in [4.69, 9.17) is 10.7 Å². The fourth-order valence-electron chi connectivity index (χ4n) is 2.08. The van der Waals surface area contributed by atoms with Crippen molar-refractivity contribution in [3.05, 3.63) is 47.2 Å². The van der Waals surface area contributed by atoms with Crippen molar-refractivity contribution in [3.63, 3.8) is 0 Å². The first-order valence-corrected chi connectivity index (χ1v) is 4.77. The molecule has 0 aliphatic carbocycles. The van der Waals surface area contributed by atoms with E-state index < -0.39 is 0 Å². The molecule has 0 fully saturated rings. The van der Waals surface area contributed by atoms with Crippen LogP contribution in [0.4, 0.5) is 0 Å². The minimum atomic E-state index is 0.00116. The van der Waals surface area contributed by atoms with E-state index in [9.17, 15) is 5.11 Å². The summed E-state index contributed by atoms with van der Waals surface area (Å²) in [5.41, 5.74) is 2.58. The lowest BCUT2D eigenvalue weighted by atomic mass is 10.1. The Kier molecular flexibility index (Phi) is 1.49. The Hall–Kier alpha value is -2.54. The van der Waals surface area contributed by atoms with Crippen LogP contribution in [0, 0.1) is 16.7 Å². The second-order valence-corrected chi connectivity index (χ2v) is 3.60. The number of nitrogens with zero attached hydrogens (tertiary/aromatic N) is 2. The molecule has 1 aliphatic heterocycles. The summed E-state index contributed by atoms with van der Waals surface area (Å²) in [5.74, 6) is 0.00116. The summed E-state index contributed by atoms with van der Waals surface area (Å²) in [6.07, 6.45) is 0. The fourth-order valence-corrected chi connectivity index (χ4v) is 2.08. The molecular formula is C12H7N3O. The maximum absolute atomic E-state index is 9.76. The van der Waals surface area contributed by atoms with Crippen LogP contribution >= 0.6 is 0 Å². The van der Waals surface area contributed by atoms with E-state index >= 15 is 0 Å². The van der Waals surface area contributed by atoms with Crippen molar-refractivity contribution in [2.24, 2.45) is 0 Å². The van der Waals surface area contributed by atoms with E-state index in [1.165, 1.54) is 10.6 Å². The molecule has 0 bridgehead atoms. The van der Waals surface area contributed by atoms with Crippen molar-refractivity contribution >= 4 is 5.71 Å². The Balaban J connectivity index is 2.44. The van der Waals surface area contributed by atoms with Gasteiger partial charge in [-0.25, -0.2) is 0 Å². The predicted molar refractivity (Wildman–Crippen MR) is 58.1 cm³/mol. The average Bonchev–Trinajstić information content (AvgIpc) is 2.78. The first-order chi connectivity index (χ1) is 7.74. The molecule has 76 valence electrons. The number of para-hydroxylation sites is 1. The van der Waals surface area contributed by atoms with Crippen LogP contribution < -0.4 is 0 Å². The van der Waals surface area contributed by atoms with Gasteiger partial charge in [-0.2, -0.15) is 5.26 Å². The Morgan fingerprint density at radius 3 is 2.81 bits per heavy atom. The number of hydrogen-bond acceptors (Lipinski definition) is 3. The Labute approximate surface area is 91.5 Å². The molecule has 2 N–H and O–H groups in total. The van der Waals surface area contributed by atoms with Crippen molar-refractivity contribution in [2.45, 2.75) is 0 Å². The van der Waals surface area contributed by atoms with Gasteiger partial charge in [0.25, 0.3) is 0 Å². The van der Waals surface area contributed by atoms with Crippen LogP contribution in [0.1, 0.15) is 16.8 Å². The zero-order chi connectivity index (χ0) is 11.3. The number of fused-ring (bicyclic) bond motifs is 3. The summed E-state index contributed by atoms with van der Waals surface area (Å²) in [4.78, 5) is 0. The van der Waals surface area contributed by atoms with Crippen LogP contribution in [0.25, 0.3) is 5.69 Å². The highest BCUT2D eigenvalue weighted by Gasteiger charge is 2.29. The molecule has 4 heteroatoms. The van der Waals surface area contributed by atoms with Crippen LogP contribution in [-0.2, 0) is 0 Å². The zero-order valence-electron chi connectivity index (χ0n) is 8.23. The standard InChI is InChI=1S/C12H7N3O/c13-6-7-5-10(16)15-9-4-2-1-3-8(9)11(14)12(7)15/h1-5,14,16H. The quantitative estimate of drug-likeness (QED) is 0.592. The van der Waals surface area contributed by atoms with Crippen molar-refractivity contribution in [1.82, 2.24) is 4.57 Å². The normalized spacial score (nSPS) is 12.1. The van der Waals surface area contributed by atoms with Gasteiger partial charge in [0.1, 0.15) is 6.07 Å². The maximum Gasteiger partial charge on any atom is 0.197 e. The zero-order valence-corrected chi connectivity index (χ0v) is 8.23. The first kappa shape index (κ1) is 8.74. The lowest BCUT2D eigenvalue weighted by Crippen LogP contribution is -1.98. The molecule has 1 aliphatic rings. The van der Waals surface area contributed by atoms with Crippen LogP contribution in [-0.4, -0.2) is 15.4 Å². The van der Waals surface area contributed by atoms with Gasteiger partial charge in [0, 0.05) is 11.6 Å². The fraction of sp³-hybridized carbons (Fsp3) is 0. The van der Waals surface area contributed by atoms with Gasteiger partial charge in [-0.05, 0) is 6.07 Å². The van der Waals surface area contributed by atoms with E-state index in [-0.39, 0.29) is 11.6 Å². The third-order valence-electron chi connectivity index (χ3n) is 2.75. The van der Waals surface area contributed by atoms with Gasteiger partial charge in [-0.3, -0.25) is 9.98 Å². The number of benzene rings is 1. The average molecular weight is 209 g/mol. The maximum atomic E-state index is 9.76. The monoisotopic (exact) mass is 209 g/mol. The topological polar surface area (TPSA) is 72.8 Å². The number of rotatable bonds is 0. The van der Waals surface area contributed by atoms with Crippen LogP contribution in [0.2, 0.25) is 0 Å². The van der Waals surface area contributed by atoms with Gasteiger partial charge in [-0.1, -0.05) is 18.2 Å². The summed E-state index contributed by atoms with van der Waals surface area (Å²) in [7, 11) is 0. The molecule has 0 atom stereocenters.